The molecule has 0 saturated heterocycles. The summed E-state index contributed by atoms with van der Waals surface area (Å²) in [6.07, 6.45) is 2.66. The summed E-state index contributed by atoms with van der Waals surface area (Å²) in [5.74, 6) is 1.08. The summed E-state index contributed by atoms with van der Waals surface area (Å²) in [5.41, 5.74) is 1.26. The Labute approximate surface area is 128 Å². The number of rotatable bonds is 7. The van der Waals surface area contributed by atoms with E-state index in [1.165, 1.54) is 18.4 Å². The second kappa shape index (κ2) is 8.71. The highest BCUT2D eigenvalue weighted by Crippen LogP contribution is 2.19. The van der Waals surface area contributed by atoms with Gasteiger partial charge >= 0.3 is 6.16 Å². The molecule has 3 heteroatoms. The summed E-state index contributed by atoms with van der Waals surface area (Å²) < 4.78 is 10.7. The molecule has 1 aromatic carbocycles. The smallest absolute Gasteiger partial charge is 0.430 e. The topological polar surface area (TPSA) is 35.5 Å². The Morgan fingerprint density at radius 1 is 1.05 bits per heavy atom. The molecule has 1 aromatic rings. The molecule has 3 nitrogen and oxygen atoms in total. The molecule has 0 saturated carbocycles. The Kier molecular flexibility index (Phi) is 7.27. The van der Waals surface area contributed by atoms with Crippen LogP contribution in [-0.4, -0.2) is 12.3 Å². The van der Waals surface area contributed by atoms with Gasteiger partial charge in [0.1, 0.15) is 11.9 Å². The quantitative estimate of drug-likeness (QED) is 0.510. The third-order valence-corrected chi connectivity index (χ3v) is 3.49. The van der Waals surface area contributed by atoms with Gasteiger partial charge in [-0.05, 0) is 42.4 Å². The first-order valence-electron chi connectivity index (χ1n) is 7.91. The van der Waals surface area contributed by atoms with E-state index >= 15 is 0 Å². The minimum Gasteiger partial charge on any atom is -0.430 e. The average Bonchev–Trinajstić information content (AvgIpc) is 2.43. The Balaban J connectivity index is 2.54. The maximum Gasteiger partial charge on any atom is 0.514 e. The summed E-state index contributed by atoms with van der Waals surface area (Å²) in [6.45, 7) is 10.3. The number of hydrogen-bond acceptors (Lipinski definition) is 3. The molecule has 0 aliphatic carbocycles. The number of benzene rings is 1. The van der Waals surface area contributed by atoms with E-state index in [1.807, 2.05) is 52.0 Å². The highest BCUT2D eigenvalue weighted by atomic mass is 16.7. The monoisotopic (exact) mass is 292 g/mol. The van der Waals surface area contributed by atoms with Crippen LogP contribution in [0.3, 0.4) is 0 Å². The predicted molar refractivity (Wildman–Crippen MR) is 85.6 cm³/mol. The second-order valence-electron chi connectivity index (χ2n) is 6.17. The maximum absolute atomic E-state index is 11.8. The zero-order chi connectivity index (χ0) is 15.8. The van der Waals surface area contributed by atoms with Crippen molar-refractivity contribution >= 4 is 6.16 Å². The Bertz CT molecular complexity index is 413. The Hall–Kier alpha value is -1.51. The van der Waals surface area contributed by atoms with Crippen molar-refractivity contribution < 1.29 is 14.3 Å². The summed E-state index contributed by atoms with van der Waals surface area (Å²) in [6, 6.07) is 7.65. The first-order valence-corrected chi connectivity index (χ1v) is 7.91. The van der Waals surface area contributed by atoms with Crippen molar-refractivity contribution in [3.8, 4) is 5.75 Å². The molecule has 0 amide bonds. The highest BCUT2D eigenvalue weighted by molar-refractivity contribution is 5.64. The van der Waals surface area contributed by atoms with Crippen molar-refractivity contribution in [1.82, 2.24) is 0 Å². The summed E-state index contributed by atoms with van der Waals surface area (Å²) >= 11 is 0. The molecule has 0 aromatic heterocycles. The molecule has 0 atom stereocenters. The lowest BCUT2D eigenvalue weighted by atomic mass is 9.96. The van der Waals surface area contributed by atoms with Crippen LogP contribution in [-0.2, 0) is 11.2 Å². The Morgan fingerprint density at radius 2 is 1.62 bits per heavy atom. The summed E-state index contributed by atoms with van der Waals surface area (Å²) in [7, 11) is 0. The van der Waals surface area contributed by atoms with E-state index in [1.54, 1.807) is 0 Å². The number of carbonyl (C=O) groups is 1. The molecule has 0 radical (unpaired) electrons. The fraction of sp³-hybridized carbons (Fsp3) is 0.611. The van der Waals surface area contributed by atoms with E-state index in [-0.39, 0.29) is 17.9 Å². The van der Waals surface area contributed by atoms with Crippen molar-refractivity contribution in [2.24, 2.45) is 11.8 Å². The van der Waals surface area contributed by atoms with Gasteiger partial charge in [0.05, 0.1) is 0 Å². The van der Waals surface area contributed by atoms with Crippen molar-refractivity contribution in [2.45, 2.75) is 60.0 Å². The van der Waals surface area contributed by atoms with E-state index in [0.29, 0.717) is 5.75 Å². The van der Waals surface area contributed by atoms with Crippen LogP contribution in [0.4, 0.5) is 4.79 Å². The summed E-state index contributed by atoms with van der Waals surface area (Å²) in [4.78, 5) is 11.8. The fourth-order valence-corrected chi connectivity index (χ4v) is 2.38. The normalized spacial score (nSPS) is 11.2. The van der Waals surface area contributed by atoms with Gasteiger partial charge in [-0.2, -0.15) is 0 Å². The van der Waals surface area contributed by atoms with Crippen LogP contribution >= 0.6 is 0 Å². The van der Waals surface area contributed by atoms with Crippen molar-refractivity contribution in [1.29, 1.82) is 0 Å². The minimum atomic E-state index is -0.622. The van der Waals surface area contributed by atoms with Crippen LogP contribution in [0.2, 0.25) is 0 Å². The van der Waals surface area contributed by atoms with E-state index < -0.39 is 6.16 Å². The van der Waals surface area contributed by atoms with Gasteiger partial charge in [0.2, 0.25) is 0 Å². The van der Waals surface area contributed by atoms with Crippen LogP contribution < -0.4 is 4.74 Å². The van der Waals surface area contributed by atoms with Crippen molar-refractivity contribution in [3.05, 3.63) is 29.8 Å². The molecule has 0 bridgehead atoms. The van der Waals surface area contributed by atoms with E-state index in [0.717, 1.165) is 6.42 Å². The van der Waals surface area contributed by atoms with Crippen molar-refractivity contribution in [2.75, 3.05) is 0 Å². The van der Waals surface area contributed by atoms with E-state index in [4.69, 9.17) is 9.47 Å². The van der Waals surface area contributed by atoms with Crippen LogP contribution in [0.25, 0.3) is 0 Å². The molecule has 21 heavy (non-hydrogen) atoms. The molecule has 0 aliphatic heterocycles. The zero-order valence-electron chi connectivity index (χ0n) is 13.9. The number of unbranched alkanes of at least 4 members (excludes halogenated alkanes) is 1. The molecular formula is C18H28O3. The lowest BCUT2D eigenvalue weighted by Gasteiger charge is -2.24. The maximum atomic E-state index is 11.8. The standard InChI is InChI=1S/C18H28O3/c1-6-7-8-15-9-11-16(12-10-15)20-18(19)21-17(13(2)3)14(4)5/h9-14,17H,6-8H2,1-5H3. The van der Waals surface area contributed by atoms with Gasteiger partial charge in [-0.3, -0.25) is 0 Å². The lowest BCUT2D eigenvalue weighted by Crippen LogP contribution is -2.30. The first-order chi connectivity index (χ1) is 9.93. The number of carbonyl (C=O) groups excluding carboxylic acids is 1. The first kappa shape index (κ1) is 17.5. The van der Waals surface area contributed by atoms with Crippen LogP contribution in [0.1, 0.15) is 53.0 Å². The van der Waals surface area contributed by atoms with Gasteiger partial charge in [0, 0.05) is 0 Å². The molecule has 0 unspecified atom stereocenters. The number of aryl methyl sites for hydroxylation is 1. The van der Waals surface area contributed by atoms with E-state index in [2.05, 4.69) is 6.92 Å². The van der Waals surface area contributed by atoms with Crippen LogP contribution in [0.5, 0.6) is 5.75 Å². The lowest BCUT2D eigenvalue weighted by molar-refractivity contribution is 0.0143. The molecule has 0 N–H and O–H groups in total. The van der Waals surface area contributed by atoms with Gasteiger partial charge in [-0.15, -0.1) is 0 Å². The molecular weight excluding hydrogens is 264 g/mol. The zero-order valence-corrected chi connectivity index (χ0v) is 13.9. The van der Waals surface area contributed by atoms with Gasteiger partial charge in [0.25, 0.3) is 0 Å². The van der Waals surface area contributed by atoms with E-state index in [9.17, 15) is 4.79 Å². The highest BCUT2D eigenvalue weighted by Gasteiger charge is 2.23. The van der Waals surface area contributed by atoms with Crippen LogP contribution in [0, 0.1) is 11.8 Å². The van der Waals surface area contributed by atoms with Gasteiger partial charge in [-0.25, -0.2) is 4.79 Å². The SMILES string of the molecule is CCCCc1ccc(OC(=O)OC(C(C)C)C(C)C)cc1. The minimum absolute atomic E-state index is 0.124. The predicted octanol–water partition coefficient (Wildman–Crippen LogP) is 5.23. The number of hydrogen-bond donors (Lipinski definition) is 0. The third kappa shape index (κ3) is 6.19. The molecule has 0 heterocycles. The average molecular weight is 292 g/mol. The molecule has 1 rings (SSSR count). The second-order valence-corrected chi connectivity index (χ2v) is 6.17. The molecule has 0 fully saturated rings. The largest absolute Gasteiger partial charge is 0.514 e. The van der Waals surface area contributed by atoms with Gasteiger partial charge < -0.3 is 9.47 Å². The van der Waals surface area contributed by atoms with Gasteiger partial charge in [-0.1, -0.05) is 53.2 Å². The van der Waals surface area contributed by atoms with Crippen molar-refractivity contribution in [3.63, 3.8) is 0 Å². The third-order valence-electron chi connectivity index (χ3n) is 3.49. The number of ether oxygens (including phenoxy) is 2. The molecule has 0 spiro atoms. The molecule has 118 valence electrons. The van der Waals surface area contributed by atoms with Crippen LogP contribution in [0.15, 0.2) is 24.3 Å². The molecule has 0 aliphatic rings. The van der Waals surface area contributed by atoms with Gasteiger partial charge in [0.15, 0.2) is 0 Å². The summed E-state index contributed by atoms with van der Waals surface area (Å²) in [5, 5.41) is 0. The Morgan fingerprint density at radius 3 is 2.10 bits per heavy atom. The fourth-order valence-electron chi connectivity index (χ4n) is 2.38.